The standard InChI is InChI=1S/C22H22ClF3N4O2/c23-17-4-2-1-3-16(17)19(12-28-14-8-22(25,26)9-14)30(15-7-13(24)10-27-11-15)21(32)18-5-6-20(31)29-18/h1-4,7,10-11,14,18-19,28H,5-6,8-9,12H2,(H,29,31). The summed E-state index contributed by atoms with van der Waals surface area (Å²) >= 11 is 6.43. The lowest BCUT2D eigenvalue weighted by molar-refractivity contribution is -0.124. The van der Waals surface area contributed by atoms with E-state index < -0.39 is 35.8 Å². The largest absolute Gasteiger partial charge is 0.344 e. The second-order valence-corrected chi connectivity index (χ2v) is 8.54. The van der Waals surface area contributed by atoms with E-state index >= 15 is 0 Å². The van der Waals surface area contributed by atoms with E-state index in [9.17, 15) is 22.8 Å². The number of rotatable bonds is 7. The summed E-state index contributed by atoms with van der Waals surface area (Å²) in [4.78, 5) is 30.5. The summed E-state index contributed by atoms with van der Waals surface area (Å²) in [6.45, 7) is 0.105. The molecule has 1 aromatic heterocycles. The van der Waals surface area contributed by atoms with Crippen LogP contribution in [0.15, 0.2) is 42.7 Å². The van der Waals surface area contributed by atoms with Crippen molar-refractivity contribution < 1.29 is 22.8 Å². The first-order valence-electron chi connectivity index (χ1n) is 10.3. The van der Waals surface area contributed by atoms with Gasteiger partial charge in [0.25, 0.3) is 5.92 Å². The number of carbonyl (C=O) groups excluding carboxylic acids is 2. The first kappa shape index (κ1) is 22.5. The van der Waals surface area contributed by atoms with Crippen molar-refractivity contribution >= 4 is 29.1 Å². The number of aromatic nitrogens is 1. The van der Waals surface area contributed by atoms with Crippen LogP contribution in [0, 0.1) is 5.82 Å². The molecule has 0 bridgehead atoms. The van der Waals surface area contributed by atoms with Gasteiger partial charge in [0.1, 0.15) is 11.9 Å². The molecule has 10 heteroatoms. The molecular formula is C22H22ClF3N4O2. The molecule has 1 aromatic carbocycles. The van der Waals surface area contributed by atoms with E-state index in [1.165, 1.54) is 17.2 Å². The molecule has 1 saturated carbocycles. The molecule has 2 unspecified atom stereocenters. The third-order valence-electron chi connectivity index (χ3n) is 5.77. The predicted molar refractivity (Wildman–Crippen MR) is 113 cm³/mol. The molecule has 6 nitrogen and oxygen atoms in total. The number of nitrogens with zero attached hydrogens (tertiary/aromatic N) is 2. The zero-order chi connectivity index (χ0) is 22.9. The Bertz CT molecular complexity index is 1010. The molecule has 0 radical (unpaired) electrons. The number of amides is 2. The van der Waals surface area contributed by atoms with Gasteiger partial charge in [-0.05, 0) is 18.1 Å². The summed E-state index contributed by atoms with van der Waals surface area (Å²) in [5.41, 5.74) is 0.747. The number of alkyl halides is 2. The molecule has 2 fully saturated rings. The minimum Gasteiger partial charge on any atom is -0.344 e. The summed E-state index contributed by atoms with van der Waals surface area (Å²) in [6, 6.07) is 6.09. The van der Waals surface area contributed by atoms with Gasteiger partial charge in [-0.2, -0.15) is 0 Å². The zero-order valence-corrected chi connectivity index (χ0v) is 17.8. The van der Waals surface area contributed by atoms with Crippen molar-refractivity contribution in [3.8, 4) is 0 Å². The van der Waals surface area contributed by atoms with E-state index in [0.717, 1.165) is 6.20 Å². The second-order valence-electron chi connectivity index (χ2n) is 8.14. The van der Waals surface area contributed by atoms with Gasteiger partial charge in [-0.1, -0.05) is 29.8 Å². The Morgan fingerprint density at radius 3 is 2.69 bits per heavy atom. The van der Waals surface area contributed by atoms with Crippen LogP contribution in [0.2, 0.25) is 5.02 Å². The minimum atomic E-state index is -2.70. The summed E-state index contributed by atoms with van der Waals surface area (Å²) in [6.07, 6.45) is 2.28. The van der Waals surface area contributed by atoms with Crippen molar-refractivity contribution in [2.45, 2.75) is 49.7 Å². The molecule has 1 aliphatic heterocycles. The number of benzene rings is 1. The van der Waals surface area contributed by atoms with Gasteiger partial charge in [-0.3, -0.25) is 14.6 Å². The van der Waals surface area contributed by atoms with Crippen LogP contribution in [-0.4, -0.2) is 41.3 Å². The molecule has 32 heavy (non-hydrogen) atoms. The van der Waals surface area contributed by atoms with E-state index in [4.69, 9.17) is 11.6 Å². The fourth-order valence-electron chi connectivity index (χ4n) is 4.13. The number of nitrogens with one attached hydrogen (secondary N) is 2. The Balaban J connectivity index is 1.70. The van der Waals surface area contributed by atoms with Crippen LogP contribution < -0.4 is 15.5 Å². The number of pyridine rings is 1. The molecule has 1 aliphatic carbocycles. The Labute approximate surface area is 188 Å². The Morgan fingerprint density at radius 2 is 2.06 bits per heavy atom. The molecule has 2 aliphatic rings. The monoisotopic (exact) mass is 466 g/mol. The Hall–Kier alpha value is -2.65. The highest BCUT2D eigenvalue weighted by atomic mass is 35.5. The SMILES string of the molecule is O=C1CCC(C(=O)N(c2cncc(F)c2)C(CNC2CC(F)(F)C2)c2ccccc2Cl)N1. The van der Waals surface area contributed by atoms with E-state index in [1.54, 1.807) is 24.3 Å². The van der Waals surface area contributed by atoms with E-state index in [1.807, 2.05) is 0 Å². The van der Waals surface area contributed by atoms with Crippen LogP contribution in [0.25, 0.3) is 0 Å². The lowest BCUT2D eigenvalue weighted by Crippen LogP contribution is -2.53. The van der Waals surface area contributed by atoms with Gasteiger partial charge >= 0.3 is 0 Å². The third kappa shape index (κ3) is 4.88. The maximum atomic E-state index is 14.0. The average molecular weight is 467 g/mol. The summed E-state index contributed by atoms with van der Waals surface area (Å²) < 4.78 is 40.7. The van der Waals surface area contributed by atoms with Gasteiger partial charge in [0.05, 0.1) is 24.1 Å². The van der Waals surface area contributed by atoms with Crippen LogP contribution in [0.4, 0.5) is 18.9 Å². The van der Waals surface area contributed by atoms with E-state index in [0.29, 0.717) is 17.0 Å². The first-order valence-corrected chi connectivity index (χ1v) is 10.7. The van der Waals surface area contributed by atoms with Crippen LogP contribution in [0.1, 0.15) is 37.3 Å². The Kier molecular flexibility index (Phi) is 6.39. The van der Waals surface area contributed by atoms with Gasteiger partial charge in [0.15, 0.2) is 0 Å². The van der Waals surface area contributed by atoms with Gasteiger partial charge in [0.2, 0.25) is 11.8 Å². The average Bonchev–Trinajstić information content (AvgIpc) is 3.16. The third-order valence-corrected chi connectivity index (χ3v) is 6.11. The molecule has 4 rings (SSSR count). The molecule has 2 N–H and O–H groups in total. The van der Waals surface area contributed by atoms with Crippen molar-refractivity contribution in [3.63, 3.8) is 0 Å². The lowest BCUT2D eigenvalue weighted by Gasteiger charge is -2.39. The quantitative estimate of drug-likeness (QED) is 0.653. The zero-order valence-electron chi connectivity index (χ0n) is 17.0. The number of carbonyl (C=O) groups is 2. The van der Waals surface area contributed by atoms with Gasteiger partial charge < -0.3 is 15.5 Å². The highest BCUT2D eigenvalue weighted by Gasteiger charge is 2.45. The highest BCUT2D eigenvalue weighted by Crippen LogP contribution is 2.38. The number of hydrogen-bond acceptors (Lipinski definition) is 4. The van der Waals surface area contributed by atoms with Crippen molar-refractivity contribution in [2.75, 3.05) is 11.4 Å². The summed E-state index contributed by atoms with van der Waals surface area (Å²) in [5.74, 6) is -4.04. The van der Waals surface area contributed by atoms with Crippen molar-refractivity contribution in [1.29, 1.82) is 0 Å². The number of hydrogen-bond donors (Lipinski definition) is 2. The predicted octanol–water partition coefficient (Wildman–Crippen LogP) is 3.61. The van der Waals surface area contributed by atoms with E-state index in [-0.39, 0.29) is 37.4 Å². The molecule has 170 valence electrons. The molecule has 2 amide bonds. The Morgan fingerprint density at radius 1 is 1.31 bits per heavy atom. The van der Waals surface area contributed by atoms with Crippen LogP contribution >= 0.6 is 11.6 Å². The van der Waals surface area contributed by atoms with Crippen molar-refractivity contribution in [1.82, 2.24) is 15.6 Å². The first-order chi connectivity index (χ1) is 15.2. The highest BCUT2D eigenvalue weighted by molar-refractivity contribution is 6.31. The number of anilines is 1. The summed E-state index contributed by atoms with van der Waals surface area (Å²) in [7, 11) is 0. The maximum absolute atomic E-state index is 14.0. The van der Waals surface area contributed by atoms with Crippen molar-refractivity contribution in [2.24, 2.45) is 0 Å². The fourth-order valence-corrected chi connectivity index (χ4v) is 4.39. The van der Waals surface area contributed by atoms with Gasteiger partial charge in [-0.15, -0.1) is 0 Å². The smallest absolute Gasteiger partial charge is 0.251 e. The topological polar surface area (TPSA) is 74.3 Å². The second kappa shape index (κ2) is 9.07. The van der Waals surface area contributed by atoms with Crippen LogP contribution in [0.3, 0.4) is 0 Å². The van der Waals surface area contributed by atoms with E-state index in [2.05, 4.69) is 15.6 Å². The normalized spacial score (nSPS) is 21.0. The van der Waals surface area contributed by atoms with Crippen molar-refractivity contribution in [3.05, 3.63) is 59.1 Å². The molecule has 2 heterocycles. The molecule has 2 atom stereocenters. The number of halogens is 4. The maximum Gasteiger partial charge on any atom is 0.251 e. The minimum absolute atomic E-state index is 0.105. The molecule has 2 aromatic rings. The molecular weight excluding hydrogens is 445 g/mol. The summed E-state index contributed by atoms with van der Waals surface area (Å²) in [5, 5.41) is 6.10. The lowest BCUT2D eigenvalue weighted by atomic mass is 9.88. The van der Waals surface area contributed by atoms with Crippen LogP contribution in [0.5, 0.6) is 0 Å². The van der Waals surface area contributed by atoms with Gasteiger partial charge in [-0.25, -0.2) is 13.2 Å². The molecule has 0 spiro atoms. The van der Waals surface area contributed by atoms with Crippen LogP contribution in [-0.2, 0) is 9.59 Å². The van der Waals surface area contributed by atoms with Gasteiger partial charge in [0, 0.05) is 42.9 Å². The molecule has 1 saturated heterocycles. The fraction of sp³-hybridized carbons (Fsp3) is 0.409.